The number of rotatable bonds is 5. The molecule has 2 aliphatic rings. The molecule has 0 aliphatic carbocycles. The molecule has 0 saturated carbocycles. The molecule has 0 aromatic carbocycles. The van der Waals surface area contributed by atoms with E-state index in [1.807, 2.05) is 13.8 Å². The van der Waals surface area contributed by atoms with Gasteiger partial charge in [0, 0.05) is 5.92 Å². The Labute approximate surface area is 157 Å². The molecule has 2 bridgehead atoms. The van der Waals surface area contributed by atoms with Gasteiger partial charge in [-0.05, 0) is 37.0 Å². The summed E-state index contributed by atoms with van der Waals surface area (Å²) in [4.78, 5) is 24.7. The van der Waals surface area contributed by atoms with Crippen molar-refractivity contribution in [1.29, 1.82) is 0 Å². The summed E-state index contributed by atoms with van der Waals surface area (Å²) in [6.07, 6.45) is 0.916. The summed E-state index contributed by atoms with van der Waals surface area (Å²) >= 11 is 0. The molecule has 1 N–H and O–H groups in total. The highest BCUT2D eigenvalue weighted by molar-refractivity contribution is 5.78. The molecule has 0 radical (unpaired) electrons. The summed E-state index contributed by atoms with van der Waals surface area (Å²) in [5.41, 5.74) is -0.885. The molecule has 0 aromatic rings. The first-order valence-electron chi connectivity index (χ1n) is 9.80. The second-order valence-corrected chi connectivity index (χ2v) is 10.6. The molecule has 6 atom stereocenters. The lowest BCUT2D eigenvalue weighted by atomic mass is 9.61. The van der Waals surface area contributed by atoms with Gasteiger partial charge in [0.15, 0.2) is 0 Å². The van der Waals surface area contributed by atoms with Crippen LogP contribution in [0.15, 0.2) is 0 Å². The van der Waals surface area contributed by atoms with Crippen LogP contribution in [0.5, 0.6) is 0 Å². The van der Waals surface area contributed by atoms with Crippen LogP contribution < -0.4 is 0 Å². The highest BCUT2D eigenvalue weighted by Crippen LogP contribution is 2.50. The molecule has 0 spiro atoms. The van der Waals surface area contributed by atoms with Crippen LogP contribution in [-0.4, -0.2) is 35.4 Å². The van der Waals surface area contributed by atoms with Crippen LogP contribution in [0.25, 0.3) is 0 Å². The molecular formula is C21H36O5. The third-order valence-corrected chi connectivity index (χ3v) is 6.45. The summed E-state index contributed by atoms with van der Waals surface area (Å²) in [6.45, 7) is 16.6. The lowest BCUT2D eigenvalue weighted by Gasteiger charge is -2.44. The Hall–Kier alpha value is -1.10. The minimum Gasteiger partial charge on any atom is -0.481 e. The van der Waals surface area contributed by atoms with Crippen LogP contribution >= 0.6 is 0 Å². The summed E-state index contributed by atoms with van der Waals surface area (Å²) < 4.78 is 12.0. The molecule has 26 heavy (non-hydrogen) atoms. The lowest BCUT2D eigenvalue weighted by molar-refractivity contribution is -0.175. The third kappa shape index (κ3) is 3.78. The molecule has 5 heteroatoms. The first kappa shape index (κ1) is 21.2. The predicted molar refractivity (Wildman–Crippen MR) is 99.7 cm³/mol. The van der Waals surface area contributed by atoms with Gasteiger partial charge in [-0.3, -0.25) is 9.59 Å². The lowest BCUT2D eigenvalue weighted by Crippen LogP contribution is -2.49. The van der Waals surface area contributed by atoms with Gasteiger partial charge in [-0.2, -0.15) is 0 Å². The van der Waals surface area contributed by atoms with Gasteiger partial charge in [-0.1, -0.05) is 48.5 Å². The van der Waals surface area contributed by atoms with Gasteiger partial charge in [0.2, 0.25) is 0 Å². The number of carbonyl (C=O) groups is 2. The number of carboxylic acids is 1. The molecule has 2 fully saturated rings. The average molecular weight is 369 g/mol. The Morgan fingerprint density at radius 3 is 2.12 bits per heavy atom. The predicted octanol–water partition coefficient (Wildman–Crippen LogP) is 4.28. The molecule has 0 aromatic heterocycles. The minimum atomic E-state index is -0.812. The number of ether oxygens (including phenoxy) is 2. The Morgan fingerprint density at radius 2 is 1.69 bits per heavy atom. The van der Waals surface area contributed by atoms with Crippen molar-refractivity contribution in [2.24, 2.45) is 28.1 Å². The summed E-state index contributed by atoms with van der Waals surface area (Å²) in [5.74, 6) is -1.53. The monoisotopic (exact) mass is 368 g/mol. The van der Waals surface area contributed by atoms with E-state index >= 15 is 0 Å². The quantitative estimate of drug-likeness (QED) is 0.733. The van der Waals surface area contributed by atoms with Gasteiger partial charge in [0.25, 0.3) is 0 Å². The van der Waals surface area contributed by atoms with Crippen molar-refractivity contribution in [3.8, 4) is 0 Å². The maximum absolute atomic E-state index is 13.3. The van der Waals surface area contributed by atoms with Crippen LogP contribution in [0.1, 0.15) is 74.7 Å². The van der Waals surface area contributed by atoms with E-state index in [0.717, 1.165) is 12.8 Å². The van der Waals surface area contributed by atoms with Gasteiger partial charge in [-0.15, -0.1) is 0 Å². The van der Waals surface area contributed by atoms with Crippen LogP contribution in [0.3, 0.4) is 0 Å². The van der Waals surface area contributed by atoms with Gasteiger partial charge in [0.1, 0.15) is 6.10 Å². The Balaban J connectivity index is 2.21. The van der Waals surface area contributed by atoms with E-state index in [-0.39, 0.29) is 41.0 Å². The van der Waals surface area contributed by atoms with Crippen molar-refractivity contribution < 1.29 is 24.2 Å². The number of carbonyl (C=O) groups excluding carboxylic acids is 1. The third-order valence-electron chi connectivity index (χ3n) is 6.45. The maximum Gasteiger partial charge on any atom is 0.312 e. The molecule has 2 saturated heterocycles. The van der Waals surface area contributed by atoms with Crippen molar-refractivity contribution in [3.63, 3.8) is 0 Å². The Morgan fingerprint density at radius 1 is 1.12 bits per heavy atom. The van der Waals surface area contributed by atoms with Crippen molar-refractivity contribution in [2.75, 3.05) is 0 Å². The molecular weight excluding hydrogens is 332 g/mol. The van der Waals surface area contributed by atoms with Crippen LogP contribution in [0.2, 0.25) is 0 Å². The fourth-order valence-electron chi connectivity index (χ4n) is 4.64. The SMILES string of the molecule is CCC1C(OC(=O)C(C)(CC(C)(C)C)C(C)(C)C)C2CC(C(=O)O)C1O2. The van der Waals surface area contributed by atoms with Gasteiger partial charge < -0.3 is 14.6 Å². The molecule has 0 amide bonds. The van der Waals surface area contributed by atoms with Crippen molar-refractivity contribution in [3.05, 3.63) is 0 Å². The zero-order valence-corrected chi connectivity index (χ0v) is 17.6. The van der Waals surface area contributed by atoms with E-state index < -0.39 is 17.3 Å². The first-order chi connectivity index (χ1) is 11.7. The van der Waals surface area contributed by atoms with E-state index in [1.54, 1.807) is 0 Å². The molecule has 2 aliphatic heterocycles. The van der Waals surface area contributed by atoms with Crippen LogP contribution in [0.4, 0.5) is 0 Å². The van der Waals surface area contributed by atoms with E-state index in [4.69, 9.17) is 9.47 Å². The van der Waals surface area contributed by atoms with Crippen molar-refractivity contribution in [2.45, 2.75) is 93.0 Å². The van der Waals surface area contributed by atoms with Crippen molar-refractivity contribution >= 4 is 11.9 Å². The fraction of sp³-hybridized carbons (Fsp3) is 0.905. The topological polar surface area (TPSA) is 72.8 Å². The molecule has 5 nitrogen and oxygen atoms in total. The highest BCUT2D eigenvalue weighted by Gasteiger charge is 2.59. The summed E-state index contributed by atoms with van der Waals surface area (Å²) in [5, 5.41) is 9.39. The fourth-order valence-corrected chi connectivity index (χ4v) is 4.64. The van der Waals surface area contributed by atoms with E-state index in [1.165, 1.54) is 0 Å². The highest BCUT2D eigenvalue weighted by atomic mass is 16.6. The van der Waals surface area contributed by atoms with E-state index in [0.29, 0.717) is 6.42 Å². The number of esters is 1. The number of carboxylic acid groups (broad SMARTS) is 1. The smallest absolute Gasteiger partial charge is 0.312 e. The molecule has 2 rings (SSSR count). The zero-order valence-electron chi connectivity index (χ0n) is 17.6. The van der Waals surface area contributed by atoms with Gasteiger partial charge in [0.05, 0.1) is 23.5 Å². The number of fused-ring (bicyclic) bond motifs is 2. The molecule has 6 unspecified atom stereocenters. The number of hydrogen-bond donors (Lipinski definition) is 1. The van der Waals surface area contributed by atoms with Gasteiger partial charge in [-0.25, -0.2) is 0 Å². The maximum atomic E-state index is 13.3. The van der Waals surface area contributed by atoms with Gasteiger partial charge >= 0.3 is 11.9 Å². The summed E-state index contributed by atoms with van der Waals surface area (Å²) in [7, 11) is 0. The first-order valence-corrected chi connectivity index (χ1v) is 9.80. The van der Waals surface area contributed by atoms with Crippen molar-refractivity contribution in [1.82, 2.24) is 0 Å². The normalized spacial score (nSPS) is 33.8. The molecule has 2 heterocycles. The Bertz CT molecular complexity index is 556. The average Bonchev–Trinajstić information content (AvgIpc) is 3.02. The second kappa shape index (κ2) is 6.81. The van der Waals surface area contributed by atoms with Crippen LogP contribution in [0, 0.1) is 28.1 Å². The number of aliphatic carboxylic acids is 1. The second-order valence-electron chi connectivity index (χ2n) is 10.6. The minimum absolute atomic E-state index is 0.00914. The largest absolute Gasteiger partial charge is 0.481 e. The summed E-state index contributed by atoms with van der Waals surface area (Å²) in [6, 6.07) is 0. The number of hydrogen-bond acceptors (Lipinski definition) is 4. The van der Waals surface area contributed by atoms with E-state index in [2.05, 4.69) is 41.5 Å². The standard InChI is InChI=1S/C21H36O5/c1-9-12-15-13(17(22)23)10-14(25-15)16(12)26-18(24)21(8,20(5,6)7)11-19(2,3)4/h12-16H,9-11H2,1-8H3,(H,22,23). The van der Waals surface area contributed by atoms with E-state index in [9.17, 15) is 14.7 Å². The van der Waals surface area contributed by atoms with Crippen LogP contribution in [-0.2, 0) is 19.1 Å². The Kier molecular flexibility index (Phi) is 5.55. The zero-order chi connectivity index (χ0) is 20.1. The molecule has 150 valence electrons.